The fraction of sp³-hybridized carbons (Fsp3) is 0.143. The summed E-state index contributed by atoms with van der Waals surface area (Å²) in [6, 6.07) is 6.02. The van der Waals surface area contributed by atoms with Crippen molar-refractivity contribution in [2.45, 2.75) is 11.8 Å². The van der Waals surface area contributed by atoms with Gasteiger partial charge in [0, 0.05) is 0 Å². The van der Waals surface area contributed by atoms with E-state index in [9.17, 15) is 12.6 Å². The molecule has 0 aliphatic carbocycles. The minimum Gasteiger partial charge on any atom is -0.428 e. The van der Waals surface area contributed by atoms with Crippen LogP contribution in [0.3, 0.4) is 0 Å². The highest BCUT2D eigenvalue weighted by atomic mass is 35.7. The molecule has 1 aromatic rings. The summed E-state index contributed by atoms with van der Waals surface area (Å²) < 4.78 is 36.0. The van der Waals surface area contributed by atoms with E-state index < -0.39 is 19.8 Å². The van der Waals surface area contributed by atoms with Gasteiger partial charge in [-0.3, -0.25) is 3.77 Å². The van der Waals surface area contributed by atoms with Gasteiger partial charge in [-0.1, -0.05) is 27.5 Å². The van der Waals surface area contributed by atoms with Crippen molar-refractivity contribution in [3.05, 3.63) is 29.8 Å². The number of hydrogen-bond acceptors (Lipinski definition) is 4. The number of hydrogen-bond donors (Lipinski definition) is 0. The molecule has 78 valence electrons. The Morgan fingerprint density at radius 3 is 2.21 bits per heavy atom. The zero-order valence-corrected chi connectivity index (χ0v) is 9.56. The molecule has 0 aliphatic rings. The van der Waals surface area contributed by atoms with Gasteiger partial charge in [-0.15, -0.1) is 0 Å². The molecular formula is C7H7ClNO3S2-. The molecule has 0 bridgehead atoms. The predicted molar refractivity (Wildman–Crippen MR) is 54.7 cm³/mol. The minimum absolute atomic E-state index is 0.0166. The second kappa shape index (κ2) is 4.29. The Labute approximate surface area is 88.7 Å². The lowest BCUT2D eigenvalue weighted by Gasteiger charge is -2.01. The minimum atomic E-state index is -3.88. The standard InChI is InChI=1S/C7H7ClNO3S2/c1-6-2-4-7(5-3-6)14(11,12)9-13(8)10/h2-5H,1H3/q-1. The zero-order chi connectivity index (χ0) is 10.8. The molecular weight excluding hydrogens is 246 g/mol. The van der Waals surface area contributed by atoms with Crippen LogP contribution in [0.5, 0.6) is 0 Å². The van der Waals surface area contributed by atoms with E-state index in [0.29, 0.717) is 0 Å². The molecule has 14 heavy (non-hydrogen) atoms. The van der Waals surface area contributed by atoms with Crippen LogP contribution >= 0.6 is 10.7 Å². The fourth-order valence-corrected chi connectivity index (χ4v) is 2.94. The summed E-state index contributed by atoms with van der Waals surface area (Å²) in [5, 5.41) is 0. The molecule has 0 aromatic heterocycles. The highest BCUT2D eigenvalue weighted by Crippen LogP contribution is 2.13. The van der Waals surface area contributed by atoms with Gasteiger partial charge < -0.3 is 4.21 Å². The number of nitrogens with zero attached hydrogens (tertiary/aromatic N) is 1. The largest absolute Gasteiger partial charge is 0.428 e. The molecule has 0 spiro atoms. The Kier molecular flexibility index (Phi) is 3.52. The Morgan fingerprint density at radius 2 is 1.79 bits per heavy atom. The SMILES string of the molecule is Cc1ccc(S(=O)(=O)N=[S-](=O)Cl)cc1. The molecule has 0 amide bonds. The third-order valence-corrected chi connectivity index (χ3v) is 4.10. The van der Waals surface area contributed by atoms with E-state index in [-0.39, 0.29) is 4.90 Å². The highest BCUT2D eigenvalue weighted by molar-refractivity contribution is 8.06. The number of rotatable bonds is 2. The molecule has 0 saturated heterocycles. The third kappa shape index (κ3) is 2.97. The summed E-state index contributed by atoms with van der Waals surface area (Å²) in [6.45, 7) is 1.83. The summed E-state index contributed by atoms with van der Waals surface area (Å²) in [4.78, 5) is -0.0166. The van der Waals surface area contributed by atoms with E-state index in [1.165, 1.54) is 12.1 Å². The van der Waals surface area contributed by atoms with Gasteiger partial charge in [0.1, 0.15) is 0 Å². The zero-order valence-electron chi connectivity index (χ0n) is 7.18. The summed E-state index contributed by atoms with van der Waals surface area (Å²) in [5.74, 6) is 0. The Bertz CT molecular complexity index is 500. The summed E-state index contributed by atoms with van der Waals surface area (Å²) in [5.41, 5.74) is 0.927. The van der Waals surface area contributed by atoms with E-state index in [1.807, 2.05) is 6.92 Å². The van der Waals surface area contributed by atoms with Crippen molar-refractivity contribution in [3.63, 3.8) is 0 Å². The van der Waals surface area contributed by atoms with Crippen LogP contribution in [-0.4, -0.2) is 8.42 Å². The van der Waals surface area contributed by atoms with Crippen LogP contribution in [-0.2, 0) is 24.0 Å². The molecule has 0 unspecified atom stereocenters. The second-order valence-corrected chi connectivity index (χ2v) is 5.79. The van der Waals surface area contributed by atoms with Crippen molar-refractivity contribution in [2.24, 2.45) is 3.77 Å². The van der Waals surface area contributed by atoms with Crippen molar-refractivity contribution in [1.29, 1.82) is 0 Å². The van der Waals surface area contributed by atoms with Crippen LogP contribution in [0, 0.1) is 6.92 Å². The molecule has 0 saturated carbocycles. The van der Waals surface area contributed by atoms with Gasteiger partial charge in [0.15, 0.2) is 0 Å². The molecule has 0 radical (unpaired) electrons. The van der Waals surface area contributed by atoms with Gasteiger partial charge in [-0.2, -0.15) is 0 Å². The maximum atomic E-state index is 11.3. The first-order valence-corrected chi connectivity index (χ1v) is 6.92. The second-order valence-electron chi connectivity index (χ2n) is 2.57. The van der Waals surface area contributed by atoms with Gasteiger partial charge in [0.2, 0.25) is 0 Å². The highest BCUT2D eigenvalue weighted by Gasteiger charge is 2.08. The van der Waals surface area contributed by atoms with Crippen LogP contribution in [0.1, 0.15) is 5.56 Å². The van der Waals surface area contributed by atoms with Crippen molar-refractivity contribution in [1.82, 2.24) is 0 Å². The van der Waals surface area contributed by atoms with Crippen molar-refractivity contribution in [3.8, 4) is 0 Å². The Morgan fingerprint density at radius 1 is 1.29 bits per heavy atom. The van der Waals surface area contributed by atoms with Crippen LogP contribution in [0.4, 0.5) is 0 Å². The summed E-state index contributed by atoms with van der Waals surface area (Å²) in [7, 11) is -1.15. The number of aryl methyl sites for hydroxylation is 1. The number of halogens is 1. The molecule has 7 heteroatoms. The maximum Gasteiger partial charge on any atom is 0.261 e. The van der Waals surface area contributed by atoms with Gasteiger partial charge >= 0.3 is 0 Å². The van der Waals surface area contributed by atoms with E-state index in [0.717, 1.165) is 5.56 Å². The lowest BCUT2D eigenvalue weighted by molar-refractivity contribution is 0.595. The lowest BCUT2D eigenvalue weighted by atomic mass is 10.2. The first-order chi connectivity index (χ1) is 6.42. The van der Waals surface area contributed by atoms with Crippen LogP contribution in [0.2, 0.25) is 0 Å². The van der Waals surface area contributed by atoms with Gasteiger partial charge in [0.25, 0.3) is 10.0 Å². The van der Waals surface area contributed by atoms with E-state index >= 15 is 0 Å². The molecule has 0 atom stereocenters. The summed E-state index contributed by atoms with van der Waals surface area (Å²) >= 11 is 0. The molecule has 4 nitrogen and oxygen atoms in total. The monoisotopic (exact) mass is 252 g/mol. The van der Waals surface area contributed by atoms with Gasteiger partial charge in [0.05, 0.1) is 4.90 Å². The molecule has 0 aliphatic heterocycles. The maximum absolute atomic E-state index is 11.3. The number of benzene rings is 1. The smallest absolute Gasteiger partial charge is 0.261 e. The normalized spacial score (nSPS) is 14.1. The van der Waals surface area contributed by atoms with Crippen LogP contribution in [0.15, 0.2) is 32.9 Å². The van der Waals surface area contributed by atoms with Gasteiger partial charge in [-0.05, 0) is 19.1 Å². The molecule has 0 heterocycles. The van der Waals surface area contributed by atoms with Crippen molar-refractivity contribution in [2.75, 3.05) is 0 Å². The average molecular weight is 253 g/mol. The third-order valence-electron chi connectivity index (χ3n) is 1.48. The fourth-order valence-electron chi connectivity index (χ4n) is 0.830. The summed E-state index contributed by atoms with van der Waals surface area (Å²) in [6.07, 6.45) is 0. The Hall–Kier alpha value is -0.590. The van der Waals surface area contributed by atoms with Gasteiger partial charge in [-0.25, -0.2) is 19.1 Å². The number of sulfonamides is 1. The Balaban J connectivity index is 3.25. The van der Waals surface area contributed by atoms with E-state index in [2.05, 4.69) is 3.77 Å². The van der Waals surface area contributed by atoms with Crippen LogP contribution < -0.4 is 0 Å². The van der Waals surface area contributed by atoms with Crippen molar-refractivity contribution < 1.29 is 12.6 Å². The lowest BCUT2D eigenvalue weighted by Crippen LogP contribution is -1.95. The molecule has 0 N–H and O–H groups in total. The van der Waals surface area contributed by atoms with Crippen molar-refractivity contribution >= 4 is 30.5 Å². The topological polar surface area (TPSA) is 63.6 Å². The quantitative estimate of drug-likeness (QED) is 0.597. The molecule has 0 fully saturated rings. The van der Waals surface area contributed by atoms with E-state index in [4.69, 9.17) is 10.7 Å². The van der Waals surface area contributed by atoms with E-state index in [1.54, 1.807) is 12.1 Å². The first kappa shape index (κ1) is 11.5. The van der Waals surface area contributed by atoms with Crippen LogP contribution in [0.25, 0.3) is 0 Å². The first-order valence-electron chi connectivity index (χ1n) is 3.54. The molecule has 1 aromatic carbocycles. The molecule has 1 rings (SSSR count). The predicted octanol–water partition coefficient (Wildman–Crippen LogP) is 1.98. The average Bonchev–Trinajstić information content (AvgIpc) is 2.02.